The molecule has 0 aliphatic carbocycles. The molecule has 0 aliphatic rings. The van der Waals surface area contributed by atoms with Gasteiger partial charge in [-0.1, -0.05) is 26.0 Å². The van der Waals surface area contributed by atoms with E-state index in [-0.39, 0.29) is 18.3 Å². The normalized spacial score (nSPS) is 10.0. The fourth-order valence-electron chi connectivity index (χ4n) is 1.94. The van der Waals surface area contributed by atoms with E-state index in [4.69, 9.17) is 4.74 Å². The molecule has 124 valence electrons. The second-order valence-electron chi connectivity index (χ2n) is 5.59. The summed E-state index contributed by atoms with van der Waals surface area (Å²) in [5.41, 5.74) is 1.80. The molecule has 0 saturated carbocycles. The molecule has 1 aromatic heterocycles. The topological polar surface area (TPSA) is 51.2 Å². The molecule has 0 spiro atoms. The van der Waals surface area contributed by atoms with Crippen molar-refractivity contribution < 1.29 is 9.53 Å². The number of benzene rings is 1. The van der Waals surface area contributed by atoms with Crippen LogP contribution in [-0.2, 0) is 6.42 Å². The molecule has 2 aromatic rings. The zero-order chi connectivity index (χ0) is 15.8. The molecular formula is C18H23ClN2O2. The largest absolute Gasteiger partial charge is 0.493 e. The summed E-state index contributed by atoms with van der Waals surface area (Å²) in [4.78, 5) is 15.8. The number of halogens is 1. The average Bonchev–Trinajstić information content (AvgIpc) is 2.55. The van der Waals surface area contributed by atoms with Crippen LogP contribution in [0.25, 0.3) is 0 Å². The van der Waals surface area contributed by atoms with Crippen molar-refractivity contribution in [2.75, 3.05) is 13.2 Å². The molecule has 1 aromatic carbocycles. The fourth-order valence-corrected chi connectivity index (χ4v) is 1.94. The summed E-state index contributed by atoms with van der Waals surface area (Å²) in [6.07, 6.45) is 4.02. The maximum absolute atomic E-state index is 11.9. The van der Waals surface area contributed by atoms with Gasteiger partial charge in [0.1, 0.15) is 5.75 Å². The second-order valence-corrected chi connectivity index (χ2v) is 5.59. The molecule has 0 saturated heterocycles. The Balaban J connectivity index is 0.00000264. The maximum Gasteiger partial charge on any atom is 0.251 e. The van der Waals surface area contributed by atoms with Gasteiger partial charge in [0.05, 0.1) is 6.61 Å². The van der Waals surface area contributed by atoms with Crippen LogP contribution in [0.15, 0.2) is 48.8 Å². The molecule has 0 aliphatic heterocycles. The number of pyridine rings is 1. The molecule has 1 heterocycles. The highest BCUT2D eigenvalue weighted by atomic mass is 35.5. The molecule has 1 N–H and O–H groups in total. The number of amides is 1. The van der Waals surface area contributed by atoms with Crippen LogP contribution in [0.3, 0.4) is 0 Å². The lowest BCUT2D eigenvalue weighted by molar-refractivity contribution is 0.0954. The Labute approximate surface area is 143 Å². The summed E-state index contributed by atoms with van der Waals surface area (Å²) in [6.45, 7) is 5.58. The molecule has 2 rings (SSSR count). The summed E-state index contributed by atoms with van der Waals surface area (Å²) < 4.78 is 5.65. The van der Waals surface area contributed by atoms with Gasteiger partial charge in [0.15, 0.2) is 0 Å². The van der Waals surface area contributed by atoms with Crippen molar-refractivity contribution in [1.82, 2.24) is 10.3 Å². The van der Waals surface area contributed by atoms with Crippen LogP contribution in [0.2, 0.25) is 0 Å². The summed E-state index contributed by atoms with van der Waals surface area (Å²) >= 11 is 0. The Hall–Kier alpha value is -2.07. The third-order valence-corrected chi connectivity index (χ3v) is 3.15. The minimum absolute atomic E-state index is 0. The third-order valence-electron chi connectivity index (χ3n) is 3.15. The number of carbonyl (C=O) groups is 1. The van der Waals surface area contributed by atoms with Gasteiger partial charge in [0, 0.05) is 24.5 Å². The van der Waals surface area contributed by atoms with Crippen molar-refractivity contribution in [3.05, 3.63) is 59.9 Å². The summed E-state index contributed by atoms with van der Waals surface area (Å²) in [7, 11) is 0. The quantitative estimate of drug-likeness (QED) is 0.843. The maximum atomic E-state index is 11.9. The van der Waals surface area contributed by atoms with Crippen LogP contribution in [0.4, 0.5) is 0 Å². The van der Waals surface area contributed by atoms with Crippen molar-refractivity contribution in [2.24, 2.45) is 5.92 Å². The van der Waals surface area contributed by atoms with E-state index in [9.17, 15) is 4.79 Å². The van der Waals surface area contributed by atoms with E-state index in [1.54, 1.807) is 24.5 Å². The summed E-state index contributed by atoms with van der Waals surface area (Å²) in [5.74, 6) is 1.33. The number of hydrogen-bond donors (Lipinski definition) is 1. The third kappa shape index (κ3) is 6.70. The van der Waals surface area contributed by atoms with E-state index in [0.29, 0.717) is 18.0 Å². The van der Waals surface area contributed by atoms with Crippen LogP contribution in [-0.4, -0.2) is 24.0 Å². The van der Waals surface area contributed by atoms with Crippen LogP contribution >= 0.6 is 12.4 Å². The Bertz CT molecular complexity index is 586. The Morgan fingerprint density at radius 3 is 2.39 bits per heavy atom. The lowest BCUT2D eigenvalue weighted by atomic mass is 10.1. The van der Waals surface area contributed by atoms with E-state index < -0.39 is 0 Å². The Morgan fingerprint density at radius 1 is 1.13 bits per heavy atom. The number of rotatable bonds is 7. The first-order valence-electron chi connectivity index (χ1n) is 7.55. The van der Waals surface area contributed by atoms with Crippen LogP contribution in [0.1, 0.15) is 29.8 Å². The SMILES string of the molecule is CC(C)COc1ccc(CCNC(=O)c2ccncc2)cc1.Cl. The highest BCUT2D eigenvalue weighted by molar-refractivity contribution is 5.93. The van der Waals surface area contributed by atoms with Gasteiger partial charge in [0.25, 0.3) is 5.91 Å². The predicted octanol–water partition coefficient (Wildman–Crippen LogP) is 3.51. The van der Waals surface area contributed by atoms with Crippen molar-refractivity contribution in [2.45, 2.75) is 20.3 Å². The highest BCUT2D eigenvalue weighted by Crippen LogP contribution is 2.13. The molecule has 0 unspecified atom stereocenters. The molecule has 4 nitrogen and oxygen atoms in total. The lowest BCUT2D eigenvalue weighted by Crippen LogP contribution is -2.25. The van der Waals surface area contributed by atoms with Crippen LogP contribution < -0.4 is 10.1 Å². The van der Waals surface area contributed by atoms with Gasteiger partial charge in [0.2, 0.25) is 0 Å². The van der Waals surface area contributed by atoms with E-state index in [1.807, 2.05) is 24.3 Å². The molecule has 0 bridgehead atoms. The van der Waals surface area contributed by atoms with E-state index in [0.717, 1.165) is 18.8 Å². The van der Waals surface area contributed by atoms with Gasteiger partial charge in [-0.25, -0.2) is 0 Å². The number of aromatic nitrogens is 1. The van der Waals surface area contributed by atoms with E-state index in [2.05, 4.69) is 24.1 Å². The molecule has 0 fully saturated rings. The number of hydrogen-bond acceptors (Lipinski definition) is 3. The fraction of sp³-hybridized carbons (Fsp3) is 0.333. The van der Waals surface area contributed by atoms with Crippen LogP contribution in [0, 0.1) is 5.92 Å². The predicted molar refractivity (Wildman–Crippen MR) is 94.3 cm³/mol. The van der Waals surface area contributed by atoms with Crippen molar-refractivity contribution in [3.8, 4) is 5.75 Å². The van der Waals surface area contributed by atoms with Crippen LogP contribution in [0.5, 0.6) is 5.75 Å². The average molecular weight is 335 g/mol. The first kappa shape index (κ1) is 19.0. The van der Waals surface area contributed by atoms with Gasteiger partial charge >= 0.3 is 0 Å². The Kier molecular flexibility index (Phi) is 8.13. The lowest BCUT2D eigenvalue weighted by Gasteiger charge is -2.09. The van der Waals surface area contributed by atoms with Gasteiger partial charge < -0.3 is 10.1 Å². The number of nitrogens with zero attached hydrogens (tertiary/aromatic N) is 1. The zero-order valence-corrected chi connectivity index (χ0v) is 14.3. The zero-order valence-electron chi connectivity index (χ0n) is 13.5. The number of ether oxygens (including phenoxy) is 1. The number of nitrogens with one attached hydrogen (secondary N) is 1. The van der Waals surface area contributed by atoms with Crippen molar-refractivity contribution in [3.63, 3.8) is 0 Å². The smallest absolute Gasteiger partial charge is 0.251 e. The summed E-state index contributed by atoms with van der Waals surface area (Å²) in [5, 5.41) is 2.90. The molecule has 23 heavy (non-hydrogen) atoms. The molecule has 0 radical (unpaired) electrons. The first-order chi connectivity index (χ1) is 10.6. The molecule has 0 atom stereocenters. The minimum Gasteiger partial charge on any atom is -0.493 e. The van der Waals surface area contributed by atoms with E-state index >= 15 is 0 Å². The first-order valence-corrected chi connectivity index (χ1v) is 7.55. The monoisotopic (exact) mass is 334 g/mol. The minimum atomic E-state index is -0.0701. The van der Waals surface area contributed by atoms with E-state index in [1.165, 1.54) is 5.56 Å². The summed E-state index contributed by atoms with van der Waals surface area (Å²) in [6, 6.07) is 11.4. The Morgan fingerprint density at radius 2 is 1.78 bits per heavy atom. The second kappa shape index (κ2) is 9.85. The van der Waals surface area contributed by atoms with Crippen molar-refractivity contribution >= 4 is 18.3 Å². The molecular weight excluding hydrogens is 312 g/mol. The van der Waals surface area contributed by atoms with Gasteiger partial charge in [-0.3, -0.25) is 9.78 Å². The van der Waals surface area contributed by atoms with Gasteiger partial charge in [-0.15, -0.1) is 12.4 Å². The standard InChI is InChI=1S/C18H22N2O2.ClH/c1-14(2)13-22-17-5-3-15(4-6-17)7-12-20-18(21)16-8-10-19-11-9-16;/h3-6,8-11,14H,7,12-13H2,1-2H3,(H,20,21);1H. The number of carbonyl (C=O) groups excluding carboxylic acids is 1. The van der Waals surface area contributed by atoms with Crippen molar-refractivity contribution in [1.29, 1.82) is 0 Å². The van der Waals surface area contributed by atoms with Gasteiger partial charge in [-0.2, -0.15) is 0 Å². The molecule has 1 amide bonds. The van der Waals surface area contributed by atoms with Gasteiger partial charge in [-0.05, 0) is 42.2 Å². The highest BCUT2D eigenvalue weighted by Gasteiger charge is 2.04. The molecule has 5 heteroatoms.